The molecule has 2 aromatic carbocycles. The quantitative estimate of drug-likeness (QED) is 0.518. The minimum atomic E-state index is 0.676. The van der Waals surface area contributed by atoms with Crippen LogP contribution in [0.25, 0.3) is 16.7 Å². The van der Waals surface area contributed by atoms with Crippen LogP contribution in [0.2, 0.25) is 5.02 Å². The first-order valence-corrected chi connectivity index (χ1v) is 10.1. The van der Waals surface area contributed by atoms with E-state index in [-0.39, 0.29) is 0 Å². The number of fused-ring (bicyclic) bond motifs is 1. The maximum atomic E-state index is 6.15. The largest absolute Gasteiger partial charge is 0.353 e. The van der Waals surface area contributed by atoms with Gasteiger partial charge in [0.25, 0.3) is 0 Å². The van der Waals surface area contributed by atoms with Crippen molar-refractivity contribution in [3.63, 3.8) is 0 Å². The minimum Gasteiger partial charge on any atom is -0.353 e. The molecule has 1 aliphatic rings. The highest BCUT2D eigenvalue weighted by Crippen LogP contribution is 2.26. The van der Waals surface area contributed by atoms with Gasteiger partial charge in [0, 0.05) is 37.7 Å². The van der Waals surface area contributed by atoms with Gasteiger partial charge in [0.1, 0.15) is 12.1 Å². The third-order valence-corrected chi connectivity index (χ3v) is 5.55. The molecule has 0 aliphatic carbocycles. The second-order valence-corrected chi connectivity index (χ2v) is 7.66. The van der Waals surface area contributed by atoms with Crippen molar-refractivity contribution in [1.82, 2.24) is 24.6 Å². The van der Waals surface area contributed by atoms with Gasteiger partial charge in [-0.25, -0.2) is 14.6 Å². The molecule has 0 bridgehead atoms. The summed E-state index contributed by atoms with van der Waals surface area (Å²) < 4.78 is 1.82. The van der Waals surface area contributed by atoms with Crippen molar-refractivity contribution >= 4 is 28.5 Å². The number of rotatable bonds is 4. The van der Waals surface area contributed by atoms with E-state index >= 15 is 0 Å². The molecule has 1 saturated heterocycles. The molecule has 4 aromatic rings. The van der Waals surface area contributed by atoms with Crippen LogP contribution >= 0.6 is 11.6 Å². The Kier molecular flexibility index (Phi) is 4.87. The molecule has 0 saturated carbocycles. The van der Waals surface area contributed by atoms with Gasteiger partial charge in [-0.2, -0.15) is 5.10 Å². The zero-order valence-electron chi connectivity index (χ0n) is 15.9. The normalized spacial score (nSPS) is 15.1. The third kappa shape index (κ3) is 3.69. The topological polar surface area (TPSA) is 50.1 Å². The summed E-state index contributed by atoms with van der Waals surface area (Å²) in [6, 6.07) is 18.3. The van der Waals surface area contributed by atoms with E-state index < -0.39 is 0 Å². The lowest BCUT2D eigenvalue weighted by Gasteiger charge is -2.35. The average Bonchev–Trinajstić information content (AvgIpc) is 3.19. The number of anilines is 1. The Bertz CT molecular complexity index is 1120. The van der Waals surface area contributed by atoms with Crippen LogP contribution in [-0.2, 0) is 6.54 Å². The van der Waals surface area contributed by atoms with E-state index in [9.17, 15) is 0 Å². The Hall–Kier alpha value is -2.96. The fourth-order valence-corrected chi connectivity index (χ4v) is 4.02. The van der Waals surface area contributed by atoms with Gasteiger partial charge in [0.2, 0.25) is 0 Å². The van der Waals surface area contributed by atoms with E-state index in [1.165, 1.54) is 5.56 Å². The Morgan fingerprint density at radius 1 is 0.897 bits per heavy atom. The predicted octanol–water partition coefficient (Wildman–Crippen LogP) is 3.79. The molecule has 3 heterocycles. The molecule has 0 amide bonds. The molecule has 1 fully saturated rings. The standard InChI is InChI=1S/C22H21ClN6/c23-18-7-4-8-19(13-18)29-22-20(14-26-29)21(24-16-25-22)28-11-9-27(10-12-28)15-17-5-2-1-3-6-17/h1-8,13-14,16H,9-12,15H2. The summed E-state index contributed by atoms with van der Waals surface area (Å²) in [4.78, 5) is 13.9. The van der Waals surface area contributed by atoms with Crippen LogP contribution in [0.4, 0.5) is 5.82 Å². The van der Waals surface area contributed by atoms with Gasteiger partial charge < -0.3 is 4.90 Å². The summed E-state index contributed by atoms with van der Waals surface area (Å²) in [6.45, 7) is 4.86. The molecular formula is C22H21ClN6. The molecule has 29 heavy (non-hydrogen) atoms. The average molecular weight is 405 g/mol. The van der Waals surface area contributed by atoms with Gasteiger partial charge >= 0.3 is 0 Å². The lowest BCUT2D eigenvalue weighted by molar-refractivity contribution is 0.249. The second-order valence-electron chi connectivity index (χ2n) is 7.22. The molecule has 0 N–H and O–H groups in total. The van der Waals surface area contributed by atoms with Crippen molar-refractivity contribution in [1.29, 1.82) is 0 Å². The summed E-state index contributed by atoms with van der Waals surface area (Å²) in [7, 11) is 0. The lowest BCUT2D eigenvalue weighted by Crippen LogP contribution is -2.46. The van der Waals surface area contributed by atoms with Crippen LogP contribution in [0.15, 0.2) is 67.1 Å². The van der Waals surface area contributed by atoms with Crippen molar-refractivity contribution < 1.29 is 0 Å². The smallest absolute Gasteiger partial charge is 0.168 e. The van der Waals surface area contributed by atoms with Gasteiger partial charge in [-0.1, -0.05) is 48.0 Å². The number of halogens is 1. The maximum Gasteiger partial charge on any atom is 0.168 e. The highest BCUT2D eigenvalue weighted by Gasteiger charge is 2.21. The van der Waals surface area contributed by atoms with Crippen molar-refractivity contribution in [2.45, 2.75) is 6.54 Å². The molecule has 7 heteroatoms. The summed E-state index contributed by atoms with van der Waals surface area (Å²) in [5, 5.41) is 6.19. The summed E-state index contributed by atoms with van der Waals surface area (Å²) in [5.74, 6) is 0.947. The number of hydrogen-bond donors (Lipinski definition) is 0. The first kappa shape index (κ1) is 18.1. The lowest BCUT2D eigenvalue weighted by atomic mass is 10.2. The fourth-order valence-electron chi connectivity index (χ4n) is 3.84. The Balaban J connectivity index is 1.36. The van der Waals surface area contributed by atoms with Crippen molar-refractivity contribution in [2.75, 3.05) is 31.1 Å². The first-order chi connectivity index (χ1) is 14.3. The number of benzene rings is 2. The second kappa shape index (κ2) is 7.81. The maximum absolute atomic E-state index is 6.15. The van der Waals surface area contributed by atoms with Crippen molar-refractivity contribution in [3.8, 4) is 5.69 Å². The fraction of sp³-hybridized carbons (Fsp3) is 0.227. The Morgan fingerprint density at radius 3 is 2.52 bits per heavy atom. The number of aromatic nitrogens is 4. The Labute approximate surface area is 174 Å². The SMILES string of the molecule is Clc1cccc(-n2ncc3c(N4CCN(Cc5ccccc5)CC4)ncnc32)c1. The molecule has 0 spiro atoms. The zero-order valence-corrected chi connectivity index (χ0v) is 16.7. The van der Waals surface area contributed by atoms with E-state index in [1.807, 2.05) is 35.1 Å². The summed E-state index contributed by atoms with van der Waals surface area (Å²) in [6.07, 6.45) is 3.47. The van der Waals surface area contributed by atoms with Gasteiger partial charge in [0.05, 0.1) is 17.3 Å². The van der Waals surface area contributed by atoms with Crippen molar-refractivity contribution in [3.05, 3.63) is 77.7 Å². The highest BCUT2D eigenvalue weighted by molar-refractivity contribution is 6.30. The molecular weight excluding hydrogens is 384 g/mol. The van der Waals surface area contributed by atoms with Crippen molar-refractivity contribution in [2.24, 2.45) is 0 Å². The number of nitrogens with zero attached hydrogens (tertiary/aromatic N) is 6. The summed E-state index contributed by atoms with van der Waals surface area (Å²) in [5.41, 5.74) is 3.04. The summed E-state index contributed by atoms with van der Waals surface area (Å²) >= 11 is 6.15. The van der Waals surface area contributed by atoms with Crippen LogP contribution in [-0.4, -0.2) is 50.8 Å². The van der Waals surface area contributed by atoms with Gasteiger partial charge in [-0.05, 0) is 23.8 Å². The predicted molar refractivity (Wildman–Crippen MR) is 116 cm³/mol. The van der Waals surface area contributed by atoms with Gasteiger partial charge in [-0.15, -0.1) is 0 Å². The minimum absolute atomic E-state index is 0.676. The van der Waals surface area contributed by atoms with Crippen LogP contribution in [0.1, 0.15) is 5.56 Å². The van der Waals surface area contributed by atoms with E-state index in [1.54, 1.807) is 6.33 Å². The van der Waals surface area contributed by atoms with Gasteiger partial charge in [-0.3, -0.25) is 4.90 Å². The number of hydrogen-bond acceptors (Lipinski definition) is 5. The highest BCUT2D eigenvalue weighted by atomic mass is 35.5. The van der Waals surface area contributed by atoms with Crippen LogP contribution in [0, 0.1) is 0 Å². The molecule has 2 aromatic heterocycles. The van der Waals surface area contributed by atoms with Crippen LogP contribution in [0.5, 0.6) is 0 Å². The molecule has 0 unspecified atom stereocenters. The van der Waals surface area contributed by atoms with E-state index in [0.29, 0.717) is 5.02 Å². The first-order valence-electron chi connectivity index (χ1n) is 9.74. The molecule has 5 rings (SSSR count). The van der Waals surface area contributed by atoms with Crippen LogP contribution in [0.3, 0.4) is 0 Å². The van der Waals surface area contributed by atoms with Crippen LogP contribution < -0.4 is 4.90 Å². The molecule has 1 aliphatic heterocycles. The third-order valence-electron chi connectivity index (χ3n) is 5.32. The molecule has 146 valence electrons. The van der Waals surface area contributed by atoms with E-state index in [2.05, 4.69) is 55.2 Å². The number of piperazine rings is 1. The molecule has 6 nitrogen and oxygen atoms in total. The molecule has 0 atom stereocenters. The van der Waals surface area contributed by atoms with E-state index in [0.717, 1.165) is 55.3 Å². The van der Waals surface area contributed by atoms with Gasteiger partial charge in [0.15, 0.2) is 5.65 Å². The zero-order chi connectivity index (χ0) is 19.6. The molecule has 0 radical (unpaired) electrons. The van der Waals surface area contributed by atoms with E-state index in [4.69, 9.17) is 11.6 Å². The Morgan fingerprint density at radius 2 is 1.72 bits per heavy atom. The monoisotopic (exact) mass is 404 g/mol.